The van der Waals surface area contributed by atoms with Crippen molar-refractivity contribution in [3.05, 3.63) is 0 Å². The molecule has 12 heteroatoms. The summed E-state index contributed by atoms with van der Waals surface area (Å²) in [5.41, 5.74) is -3.67. The van der Waals surface area contributed by atoms with Gasteiger partial charge in [-0.2, -0.15) is 0 Å². The van der Waals surface area contributed by atoms with Crippen molar-refractivity contribution >= 4 is 19.5 Å². The van der Waals surface area contributed by atoms with Gasteiger partial charge in [-0.1, -0.05) is 13.8 Å². The Labute approximate surface area is 189 Å². The molecule has 0 spiro atoms. The molecule has 0 aromatic heterocycles. The summed E-state index contributed by atoms with van der Waals surface area (Å²) < 4.78 is 40.5. The van der Waals surface area contributed by atoms with Gasteiger partial charge in [0.25, 0.3) is 0 Å². The second-order valence-corrected chi connectivity index (χ2v) is 9.62. The second-order valence-electron chi connectivity index (χ2n) is 7.40. The van der Waals surface area contributed by atoms with Crippen molar-refractivity contribution in [3.63, 3.8) is 0 Å². The van der Waals surface area contributed by atoms with Gasteiger partial charge in [-0.25, -0.2) is 0 Å². The highest BCUT2D eigenvalue weighted by Gasteiger charge is 2.60. The van der Waals surface area contributed by atoms with E-state index in [1.165, 1.54) is 6.92 Å². The van der Waals surface area contributed by atoms with Crippen molar-refractivity contribution in [1.29, 1.82) is 0 Å². The van der Waals surface area contributed by atoms with Gasteiger partial charge >= 0.3 is 13.6 Å². The number of esters is 1. The summed E-state index contributed by atoms with van der Waals surface area (Å²) in [6.07, 6.45) is -3.89. The molecule has 1 amide bonds. The topological polar surface area (TPSA) is 150 Å². The van der Waals surface area contributed by atoms with Gasteiger partial charge in [-0.05, 0) is 33.6 Å². The van der Waals surface area contributed by atoms with Gasteiger partial charge < -0.3 is 38.8 Å². The number of carbonyl (C=O) groups excluding carboxylic acids is 2. The van der Waals surface area contributed by atoms with Gasteiger partial charge in [0, 0.05) is 13.3 Å². The van der Waals surface area contributed by atoms with Crippen LogP contribution in [0.1, 0.15) is 60.8 Å². The van der Waals surface area contributed by atoms with E-state index in [2.05, 4.69) is 5.32 Å². The molecule has 3 N–H and O–H groups in total. The lowest BCUT2D eigenvalue weighted by molar-refractivity contribution is -0.178. The van der Waals surface area contributed by atoms with Crippen LogP contribution in [0.3, 0.4) is 0 Å². The molecule has 1 aliphatic heterocycles. The lowest BCUT2D eigenvalue weighted by Crippen LogP contribution is -2.62. The van der Waals surface area contributed by atoms with E-state index in [9.17, 15) is 24.4 Å². The number of aliphatic hydroxyl groups is 2. The minimum absolute atomic E-state index is 0.00227. The van der Waals surface area contributed by atoms with E-state index in [1.807, 2.05) is 13.8 Å². The Hall–Kier alpha value is -1.07. The Balaban J connectivity index is 3.37. The highest BCUT2D eigenvalue weighted by molar-refractivity contribution is 7.55. The molecule has 0 aromatic carbocycles. The Morgan fingerprint density at radius 2 is 1.66 bits per heavy atom. The lowest BCUT2D eigenvalue weighted by Gasteiger charge is -2.36. The molecule has 32 heavy (non-hydrogen) atoms. The molecule has 0 saturated carbocycles. The zero-order valence-electron chi connectivity index (χ0n) is 19.7. The summed E-state index contributed by atoms with van der Waals surface area (Å²) in [6, 6.07) is 0. The van der Waals surface area contributed by atoms with Crippen LogP contribution in [-0.4, -0.2) is 77.9 Å². The molecule has 0 aliphatic carbocycles. The van der Waals surface area contributed by atoms with E-state index < -0.39 is 55.8 Å². The van der Waals surface area contributed by atoms with Crippen LogP contribution in [0.2, 0.25) is 0 Å². The number of rotatable bonds is 14. The molecule has 1 rings (SSSR count). The Kier molecular flexibility index (Phi) is 11.7. The van der Waals surface area contributed by atoms with Gasteiger partial charge in [0.2, 0.25) is 5.91 Å². The number of aliphatic hydroxyl groups excluding tert-OH is 1. The van der Waals surface area contributed by atoms with Crippen LogP contribution in [0.25, 0.3) is 0 Å². The predicted octanol–water partition coefficient (Wildman–Crippen LogP) is 1.69. The summed E-state index contributed by atoms with van der Waals surface area (Å²) in [5.74, 6) is -1.48. The highest BCUT2D eigenvalue weighted by Crippen LogP contribution is 2.56. The van der Waals surface area contributed by atoms with Crippen LogP contribution < -0.4 is 5.32 Å². The first-order valence-electron chi connectivity index (χ1n) is 11.1. The molecule has 11 nitrogen and oxygen atoms in total. The first-order chi connectivity index (χ1) is 15.0. The van der Waals surface area contributed by atoms with Gasteiger partial charge in [0.1, 0.15) is 6.10 Å². The molecule has 1 saturated heterocycles. The summed E-state index contributed by atoms with van der Waals surface area (Å²) in [5, 5.41) is 24.3. The zero-order valence-corrected chi connectivity index (χ0v) is 20.6. The first kappa shape index (κ1) is 29.0. The number of carbonyl (C=O) groups is 2. The number of hydrogen-bond donors (Lipinski definition) is 3. The molecule has 188 valence electrons. The summed E-state index contributed by atoms with van der Waals surface area (Å²) in [4.78, 5) is 24.6. The van der Waals surface area contributed by atoms with E-state index in [1.54, 1.807) is 20.8 Å². The average Bonchev–Trinajstić information content (AvgIpc) is 2.93. The molecule has 1 unspecified atom stereocenters. The molecule has 0 bridgehead atoms. The fourth-order valence-electron chi connectivity index (χ4n) is 3.64. The van der Waals surface area contributed by atoms with Crippen molar-refractivity contribution in [3.8, 4) is 0 Å². The van der Waals surface area contributed by atoms with Crippen LogP contribution >= 0.6 is 7.60 Å². The maximum atomic E-state index is 13.4. The maximum absolute atomic E-state index is 13.4. The molecule has 0 aromatic rings. The van der Waals surface area contributed by atoms with Gasteiger partial charge in [-0.15, -0.1) is 0 Å². The number of hydrogen-bond acceptors (Lipinski definition) is 10. The predicted molar refractivity (Wildman–Crippen MR) is 115 cm³/mol. The van der Waals surface area contributed by atoms with Crippen LogP contribution in [0.15, 0.2) is 0 Å². The SMILES string of the molecule is CCOC(=O)C(C[C@H]1O[C@H](O)[C@@H](OC(CC)CC)[C@]1(O)NC(C)=O)P(=O)(OCC)OCC. The first-order valence-corrected chi connectivity index (χ1v) is 12.7. The van der Waals surface area contributed by atoms with E-state index in [0.717, 1.165) is 0 Å². The quantitative estimate of drug-likeness (QED) is 0.189. The molecule has 1 heterocycles. The van der Waals surface area contributed by atoms with Gasteiger partial charge in [0.15, 0.2) is 23.8 Å². The van der Waals surface area contributed by atoms with Crippen molar-refractivity contribution in [1.82, 2.24) is 5.32 Å². The molecule has 1 aliphatic rings. The van der Waals surface area contributed by atoms with Gasteiger partial charge in [-0.3, -0.25) is 14.2 Å². The van der Waals surface area contributed by atoms with Crippen LogP contribution in [-0.2, 0) is 37.4 Å². The maximum Gasteiger partial charge on any atom is 0.344 e. The normalized spacial score (nSPS) is 26.8. The van der Waals surface area contributed by atoms with Crippen molar-refractivity contribution < 1.29 is 47.6 Å². The second kappa shape index (κ2) is 13.0. The minimum Gasteiger partial charge on any atom is -0.465 e. The van der Waals surface area contributed by atoms with E-state index >= 15 is 0 Å². The largest absolute Gasteiger partial charge is 0.465 e. The third-order valence-corrected chi connectivity index (χ3v) is 7.53. The van der Waals surface area contributed by atoms with E-state index in [0.29, 0.717) is 12.8 Å². The average molecular weight is 483 g/mol. The third-order valence-electron chi connectivity index (χ3n) is 5.11. The van der Waals surface area contributed by atoms with Crippen molar-refractivity contribution in [2.75, 3.05) is 19.8 Å². The van der Waals surface area contributed by atoms with Crippen molar-refractivity contribution in [2.45, 2.75) is 96.8 Å². The monoisotopic (exact) mass is 483 g/mol. The van der Waals surface area contributed by atoms with Crippen molar-refractivity contribution in [2.24, 2.45) is 0 Å². The standard InChI is InChI=1S/C20H38NO10P/c1-7-14(8-2)30-17-19(24)31-16(20(17,25)21-13(6)22)12-15(18(23)27-9-3)32(26,28-10-4)29-11-5/h14-17,19,24-25H,7-12H2,1-6H3,(H,21,22)/t15?,16-,17-,19+,20+/m1/s1. The fraction of sp³-hybridized carbons (Fsp3) is 0.900. The molecular formula is C20H38NO10P. The van der Waals surface area contributed by atoms with Crippen LogP contribution in [0.5, 0.6) is 0 Å². The summed E-state index contributed by atoms with van der Waals surface area (Å²) in [6.45, 7) is 9.72. The van der Waals surface area contributed by atoms with Gasteiger partial charge in [0.05, 0.1) is 25.9 Å². The summed E-state index contributed by atoms with van der Waals surface area (Å²) >= 11 is 0. The number of ether oxygens (including phenoxy) is 3. The smallest absolute Gasteiger partial charge is 0.344 e. The van der Waals surface area contributed by atoms with E-state index in [-0.39, 0.29) is 25.9 Å². The Morgan fingerprint density at radius 3 is 2.09 bits per heavy atom. The fourth-order valence-corrected chi connectivity index (χ4v) is 5.58. The molecule has 5 atom stereocenters. The lowest BCUT2D eigenvalue weighted by atomic mass is 9.97. The van der Waals surface area contributed by atoms with E-state index in [4.69, 9.17) is 23.3 Å². The summed E-state index contributed by atoms with van der Waals surface area (Å²) in [7, 11) is -4.04. The molecular weight excluding hydrogens is 445 g/mol. The Morgan fingerprint density at radius 1 is 1.09 bits per heavy atom. The molecule has 1 fully saturated rings. The van der Waals surface area contributed by atoms with Crippen LogP contribution in [0.4, 0.5) is 0 Å². The Bertz CT molecular complexity index is 648. The minimum atomic E-state index is -4.04. The highest BCUT2D eigenvalue weighted by atomic mass is 31.2. The zero-order chi connectivity index (χ0) is 24.5. The number of nitrogens with one attached hydrogen (secondary N) is 1. The molecule has 0 radical (unpaired) electrons. The van der Waals surface area contributed by atoms with Crippen LogP contribution in [0, 0.1) is 0 Å². The number of amides is 1. The third kappa shape index (κ3) is 6.96.